The van der Waals surface area contributed by atoms with Crippen molar-refractivity contribution >= 4 is 40.9 Å². The average molecular weight is 498 g/mol. The number of amides is 1. The molecule has 0 aliphatic carbocycles. The number of nitrogens with one attached hydrogen (secondary N) is 2. The van der Waals surface area contributed by atoms with E-state index in [0.29, 0.717) is 27.0 Å². The number of hydrogen-bond donors (Lipinski definition) is 2. The lowest BCUT2D eigenvalue weighted by molar-refractivity contribution is -0.138. The van der Waals surface area contributed by atoms with E-state index in [2.05, 4.69) is 23.3 Å². The van der Waals surface area contributed by atoms with Crippen LogP contribution in [0.15, 0.2) is 83.1 Å². The van der Waals surface area contributed by atoms with Crippen LogP contribution in [0.1, 0.15) is 18.4 Å². The number of nitrogens with zero attached hydrogens (tertiary/aromatic N) is 1. The maximum atomic E-state index is 13.1. The van der Waals surface area contributed by atoms with Gasteiger partial charge in [-0.1, -0.05) is 54.2 Å². The third-order valence-corrected chi connectivity index (χ3v) is 6.25. The Balaban J connectivity index is 1.91. The molecule has 1 amide bonds. The maximum Gasteiger partial charge on any atom is 0.337 e. The van der Waals surface area contributed by atoms with Crippen molar-refractivity contribution in [3.8, 4) is 6.07 Å². The lowest BCUT2D eigenvalue weighted by Crippen LogP contribution is -2.29. The van der Waals surface area contributed by atoms with E-state index in [1.54, 1.807) is 31.2 Å². The first-order chi connectivity index (χ1) is 16.3. The van der Waals surface area contributed by atoms with Gasteiger partial charge in [-0.05, 0) is 42.8 Å². The van der Waals surface area contributed by atoms with Crippen LogP contribution in [0.4, 0.5) is 10.1 Å². The van der Waals surface area contributed by atoms with Gasteiger partial charge in [-0.3, -0.25) is 4.79 Å². The van der Waals surface area contributed by atoms with Gasteiger partial charge in [-0.25, -0.2) is 9.18 Å². The predicted molar refractivity (Wildman–Crippen MR) is 131 cm³/mol. The molecule has 2 aromatic rings. The zero-order chi connectivity index (χ0) is 24.7. The minimum Gasteiger partial charge on any atom is -0.458 e. The largest absolute Gasteiger partial charge is 0.458 e. The fourth-order valence-electron chi connectivity index (χ4n) is 3.40. The van der Waals surface area contributed by atoms with Gasteiger partial charge in [0.15, 0.2) is 0 Å². The topological polar surface area (TPSA) is 91.2 Å². The monoisotopic (exact) mass is 497 g/mol. The van der Waals surface area contributed by atoms with Crippen molar-refractivity contribution in [2.45, 2.75) is 12.8 Å². The zero-order valence-electron chi connectivity index (χ0n) is 18.2. The summed E-state index contributed by atoms with van der Waals surface area (Å²) in [6.45, 7) is 5.27. The summed E-state index contributed by atoms with van der Waals surface area (Å²) in [7, 11) is 0. The van der Waals surface area contributed by atoms with E-state index >= 15 is 0 Å². The Kier molecular flexibility index (Phi) is 8.52. The highest BCUT2D eigenvalue weighted by Gasteiger charge is 2.36. The summed E-state index contributed by atoms with van der Waals surface area (Å²) in [5.74, 6) is -2.14. The third kappa shape index (κ3) is 5.87. The molecule has 6 nitrogen and oxygen atoms in total. The van der Waals surface area contributed by atoms with Crippen LogP contribution in [0.3, 0.4) is 0 Å². The van der Waals surface area contributed by atoms with Gasteiger partial charge in [0.1, 0.15) is 12.4 Å². The van der Waals surface area contributed by atoms with Crippen molar-refractivity contribution in [3.63, 3.8) is 0 Å². The van der Waals surface area contributed by atoms with Crippen LogP contribution in [0, 0.1) is 17.1 Å². The number of dihydropyridines is 1. The molecule has 0 saturated carbocycles. The minimum atomic E-state index is -0.778. The lowest BCUT2D eigenvalue weighted by Gasteiger charge is -2.29. The Morgan fingerprint density at radius 1 is 1.29 bits per heavy atom. The van der Waals surface area contributed by atoms with E-state index in [-0.39, 0.29) is 29.4 Å². The maximum absolute atomic E-state index is 13.1. The summed E-state index contributed by atoms with van der Waals surface area (Å²) in [6, 6.07) is 14.5. The number of rotatable bonds is 8. The molecule has 174 valence electrons. The highest BCUT2D eigenvalue weighted by Crippen LogP contribution is 2.43. The molecule has 1 atom stereocenters. The molecule has 0 radical (unpaired) electrons. The molecule has 1 aliphatic heterocycles. The second-order valence-corrected chi connectivity index (χ2v) is 8.60. The van der Waals surface area contributed by atoms with E-state index in [9.17, 15) is 19.2 Å². The number of carbonyl (C=O) groups is 2. The number of anilines is 1. The van der Waals surface area contributed by atoms with Gasteiger partial charge in [-0.15, -0.1) is 0 Å². The summed E-state index contributed by atoms with van der Waals surface area (Å²) < 4.78 is 18.3. The standard InChI is InChI=1S/C25H21ClFN3O3S/c1-3-12-33-25(32)22-15(2)29-24(19(13-28)23(22)18-6-4-5-7-20(18)26)34-14-21(31)30-17-10-8-16(27)9-11-17/h3-11,23,29H,1,12,14H2,2H3,(H,30,31)/t23-/m0/s1. The highest BCUT2D eigenvalue weighted by molar-refractivity contribution is 8.03. The summed E-state index contributed by atoms with van der Waals surface area (Å²) in [5.41, 5.74) is 2.01. The fourth-order valence-corrected chi connectivity index (χ4v) is 4.53. The van der Waals surface area contributed by atoms with Crippen LogP contribution < -0.4 is 10.6 Å². The Morgan fingerprint density at radius 3 is 2.65 bits per heavy atom. The molecule has 1 aliphatic rings. The first-order valence-corrected chi connectivity index (χ1v) is 11.5. The Morgan fingerprint density at radius 2 is 2.00 bits per heavy atom. The summed E-state index contributed by atoms with van der Waals surface area (Å²) >= 11 is 7.55. The first-order valence-electron chi connectivity index (χ1n) is 10.2. The number of hydrogen-bond acceptors (Lipinski definition) is 6. The van der Waals surface area contributed by atoms with Gasteiger partial charge in [0.05, 0.1) is 33.9 Å². The van der Waals surface area contributed by atoms with Crippen LogP contribution in [-0.4, -0.2) is 24.2 Å². The number of thioether (sulfide) groups is 1. The highest BCUT2D eigenvalue weighted by atomic mass is 35.5. The van der Waals surface area contributed by atoms with Crippen molar-refractivity contribution in [1.82, 2.24) is 5.32 Å². The van der Waals surface area contributed by atoms with Gasteiger partial charge in [0.25, 0.3) is 0 Å². The molecular formula is C25H21ClFN3O3S. The Hall–Kier alpha value is -3.54. The second kappa shape index (κ2) is 11.5. The molecule has 2 N–H and O–H groups in total. The second-order valence-electron chi connectivity index (χ2n) is 7.20. The smallest absolute Gasteiger partial charge is 0.337 e. The van der Waals surface area contributed by atoms with Crippen molar-refractivity contribution in [2.24, 2.45) is 0 Å². The molecule has 0 unspecified atom stereocenters. The number of esters is 1. The fraction of sp³-hybridized carbons (Fsp3) is 0.160. The lowest BCUT2D eigenvalue weighted by atomic mass is 9.82. The quantitative estimate of drug-likeness (QED) is 0.381. The molecule has 0 saturated heterocycles. The van der Waals surface area contributed by atoms with E-state index in [0.717, 1.165) is 11.8 Å². The molecule has 1 heterocycles. The van der Waals surface area contributed by atoms with E-state index in [1.807, 2.05) is 0 Å². The molecule has 3 rings (SSSR count). The molecule has 0 spiro atoms. The van der Waals surface area contributed by atoms with Crippen LogP contribution in [0.25, 0.3) is 0 Å². The third-order valence-electron chi connectivity index (χ3n) is 4.89. The average Bonchev–Trinajstić information content (AvgIpc) is 2.82. The van der Waals surface area contributed by atoms with Crippen molar-refractivity contribution in [1.29, 1.82) is 5.26 Å². The number of nitriles is 1. The van der Waals surface area contributed by atoms with E-state index in [4.69, 9.17) is 16.3 Å². The number of halogens is 2. The number of allylic oxidation sites excluding steroid dienone is 2. The van der Waals surface area contributed by atoms with Crippen LogP contribution in [0.2, 0.25) is 5.02 Å². The number of carbonyl (C=O) groups excluding carboxylic acids is 2. The minimum absolute atomic E-state index is 0.0155. The van der Waals surface area contributed by atoms with Crippen LogP contribution >= 0.6 is 23.4 Å². The summed E-state index contributed by atoms with van der Waals surface area (Å²) in [5, 5.41) is 16.6. The molecular weight excluding hydrogens is 477 g/mol. The van der Waals surface area contributed by atoms with Crippen molar-refractivity contribution in [2.75, 3.05) is 17.7 Å². The Bertz CT molecular complexity index is 1220. The van der Waals surface area contributed by atoms with Gasteiger partial charge >= 0.3 is 5.97 Å². The molecule has 34 heavy (non-hydrogen) atoms. The van der Waals surface area contributed by atoms with Crippen LogP contribution in [0.5, 0.6) is 0 Å². The van der Waals surface area contributed by atoms with Crippen molar-refractivity contribution < 1.29 is 18.7 Å². The van der Waals surface area contributed by atoms with Gasteiger partial charge < -0.3 is 15.4 Å². The first kappa shape index (κ1) is 25.1. The normalized spacial score (nSPS) is 15.3. The summed E-state index contributed by atoms with van der Waals surface area (Å²) in [6.07, 6.45) is 1.45. The van der Waals surface area contributed by atoms with Gasteiger partial charge in [0.2, 0.25) is 5.91 Å². The number of benzene rings is 2. The molecule has 2 aromatic carbocycles. The van der Waals surface area contributed by atoms with Crippen LogP contribution in [-0.2, 0) is 14.3 Å². The Labute approximate surface area is 206 Å². The summed E-state index contributed by atoms with van der Waals surface area (Å²) in [4.78, 5) is 25.3. The number of ether oxygens (including phenoxy) is 1. The molecule has 9 heteroatoms. The predicted octanol–water partition coefficient (Wildman–Crippen LogP) is 5.28. The van der Waals surface area contributed by atoms with E-state index in [1.165, 1.54) is 30.3 Å². The molecule has 0 bridgehead atoms. The SMILES string of the molecule is C=CCOC(=O)C1=C(C)NC(SCC(=O)Nc2ccc(F)cc2)=C(C#N)[C@@H]1c1ccccc1Cl. The van der Waals surface area contributed by atoms with Gasteiger partial charge in [0, 0.05) is 16.4 Å². The van der Waals surface area contributed by atoms with E-state index < -0.39 is 17.7 Å². The zero-order valence-corrected chi connectivity index (χ0v) is 19.8. The molecule has 0 fully saturated rings. The van der Waals surface area contributed by atoms with Crippen molar-refractivity contribution in [3.05, 3.63) is 99.5 Å². The van der Waals surface area contributed by atoms with Gasteiger partial charge in [-0.2, -0.15) is 5.26 Å². The molecule has 0 aromatic heterocycles.